The largest absolute Gasteiger partial charge is 0.350 e. The van der Waals surface area contributed by atoms with Gasteiger partial charge in [0.15, 0.2) is 0 Å². The fourth-order valence-corrected chi connectivity index (χ4v) is 6.24. The van der Waals surface area contributed by atoms with Crippen LogP contribution in [0.4, 0.5) is 4.39 Å². The molecule has 5 heterocycles. The number of piperidine rings is 2. The summed E-state index contributed by atoms with van der Waals surface area (Å²) in [5.74, 6) is 0.176. The second-order valence-electron chi connectivity index (χ2n) is 9.83. The van der Waals surface area contributed by atoms with Crippen molar-refractivity contribution in [1.29, 1.82) is 0 Å². The molecule has 5 rings (SSSR count). The summed E-state index contributed by atoms with van der Waals surface area (Å²) in [4.78, 5) is 30.1. The summed E-state index contributed by atoms with van der Waals surface area (Å²) < 4.78 is 13.7. The molecule has 0 aromatic heterocycles. The normalized spacial score (nSPS) is 44.2. The van der Waals surface area contributed by atoms with Crippen LogP contribution in [0.5, 0.6) is 0 Å². The van der Waals surface area contributed by atoms with E-state index in [1.165, 1.54) is 0 Å². The van der Waals surface area contributed by atoms with Gasteiger partial charge in [-0.15, -0.1) is 0 Å². The highest BCUT2D eigenvalue weighted by Gasteiger charge is 2.49. The Kier molecular flexibility index (Phi) is 5.91. The van der Waals surface area contributed by atoms with Gasteiger partial charge in [0.25, 0.3) is 0 Å². The molecule has 174 valence electrons. The van der Waals surface area contributed by atoms with E-state index in [1.54, 1.807) is 5.01 Å². The maximum atomic E-state index is 13.7. The van der Waals surface area contributed by atoms with E-state index in [0.717, 1.165) is 39.0 Å². The fraction of sp³-hybridized carbons (Fsp3) is 0.900. The third kappa shape index (κ3) is 3.96. The first-order chi connectivity index (χ1) is 14.9. The molecule has 31 heavy (non-hydrogen) atoms. The maximum absolute atomic E-state index is 13.7. The first-order valence-electron chi connectivity index (χ1n) is 11.6. The number of hydrogen-bond acceptors (Lipinski definition) is 8. The van der Waals surface area contributed by atoms with Crippen molar-refractivity contribution in [3.63, 3.8) is 0 Å². The van der Waals surface area contributed by atoms with Crippen molar-refractivity contribution in [2.75, 3.05) is 52.9 Å². The van der Waals surface area contributed by atoms with Crippen molar-refractivity contribution < 1.29 is 14.0 Å². The van der Waals surface area contributed by atoms with Crippen molar-refractivity contribution >= 4 is 11.8 Å². The molecule has 0 aromatic rings. The fourth-order valence-electron chi connectivity index (χ4n) is 6.24. The second-order valence-corrected chi connectivity index (χ2v) is 9.83. The van der Waals surface area contributed by atoms with Crippen molar-refractivity contribution in [2.24, 2.45) is 23.5 Å². The number of carbonyl (C=O) groups is 2. The van der Waals surface area contributed by atoms with Crippen LogP contribution in [0.1, 0.15) is 12.8 Å². The smallest absolute Gasteiger partial charge is 0.229 e. The number of hydrazine groups is 1. The molecular weight excluding hydrogens is 403 g/mol. The van der Waals surface area contributed by atoms with Crippen LogP contribution < -0.4 is 27.1 Å². The monoisotopic (exact) mass is 438 g/mol. The molecule has 0 bridgehead atoms. The van der Waals surface area contributed by atoms with Crippen LogP contribution in [0.3, 0.4) is 0 Å². The number of amides is 2. The number of hydrogen-bond donors (Lipinski definition) is 5. The topological polar surface area (TPSA) is 118 Å². The average Bonchev–Trinajstić information content (AvgIpc) is 3.23. The molecule has 5 saturated heterocycles. The zero-order chi connectivity index (χ0) is 21.7. The summed E-state index contributed by atoms with van der Waals surface area (Å²) in [6.07, 6.45) is 0.108. The van der Waals surface area contributed by atoms with E-state index in [9.17, 15) is 14.0 Å². The molecule has 10 nitrogen and oxygen atoms in total. The lowest BCUT2D eigenvalue weighted by molar-refractivity contribution is -0.132. The molecule has 11 heteroatoms. The Bertz CT molecular complexity index is 713. The number of carbonyl (C=O) groups excluding carboxylic acids is 2. The highest BCUT2D eigenvalue weighted by atomic mass is 19.1. The third-order valence-electron chi connectivity index (χ3n) is 7.86. The standard InChI is InChI=1S/C20H35FN8O2/c1-27-8-11-3-5-28(10-13(11)20(27)31)15-2-4-23-7-14(15)25-19(30)16-17(22)26-29-9-12(21)6-24-18(16)29/h11-18,23-24,26H,2-10,22H2,1H3,(H,25,30)/t11-,12?,13-,14?,15?,16?,17?,18?/m0/s1. The van der Waals surface area contributed by atoms with Gasteiger partial charge < -0.3 is 21.3 Å². The lowest BCUT2D eigenvalue weighted by atomic mass is 9.85. The minimum atomic E-state index is -0.982. The summed E-state index contributed by atoms with van der Waals surface area (Å²) in [6, 6.07) is 0.145. The molecule has 8 atom stereocenters. The van der Waals surface area contributed by atoms with E-state index in [-0.39, 0.29) is 49.1 Å². The molecule has 0 aromatic carbocycles. The van der Waals surface area contributed by atoms with Gasteiger partial charge in [-0.05, 0) is 31.8 Å². The summed E-state index contributed by atoms with van der Waals surface area (Å²) in [5.41, 5.74) is 9.25. The third-order valence-corrected chi connectivity index (χ3v) is 7.86. The van der Waals surface area contributed by atoms with Gasteiger partial charge in [-0.2, -0.15) is 0 Å². The van der Waals surface area contributed by atoms with Crippen LogP contribution in [-0.2, 0) is 9.59 Å². The van der Waals surface area contributed by atoms with E-state index < -0.39 is 18.3 Å². The van der Waals surface area contributed by atoms with E-state index in [1.807, 2.05) is 11.9 Å². The van der Waals surface area contributed by atoms with Gasteiger partial charge in [0.1, 0.15) is 6.17 Å². The lowest BCUT2D eigenvalue weighted by Gasteiger charge is -2.44. The SMILES string of the molecule is CN1C[C@@H]2CCN(C3CCNCC3NC(=O)C3C(N)NN4CC(F)CNC34)C[C@@H]2C1=O. The quantitative estimate of drug-likeness (QED) is 0.322. The van der Waals surface area contributed by atoms with Gasteiger partial charge in [-0.25, -0.2) is 14.8 Å². The highest BCUT2D eigenvalue weighted by molar-refractivity contribution is 5.82. The van der Waals surface area contributed by atoms with E-state index >= 15 is 0 Å². The van der Waals surface area contributed by atoms with E-state index in [4.69, 9.17) is 5.73 Å². The average molecular weight is 439 g/mol. The van der Waals surface area contributed by atoms with Crippen LogP contribution >= 0.6 is 0 Å². The summed E-state index contributed by atoms with van der Waals surface area (Å²) in [6.45, 7) is 4.63. The van der Waals surface area contributed by atoms with Crippen molar-refractivity contribution in [2.45, 2.75) is 43.4 Å². The predicted molar refractivity (Wildman–Crippen MR) is 112 cm³/mol. The Morgan fingerprint density at radius 1 is 1.23 bits per heavy atom. The first-order valence-corrected chi connectivity index (χ1v) is 11.6. The number of fused-ring (bicyclic) bond motifs is 2. The van der Waals surface area contributed by atoms with Crippen molar-refractivity contribution in [3.8, 4) is 0 Å². The summed E-state index contributed by atoms with van der Waals surface area (Å²) in [7, 11) is 1.89. The minimum absolute atomic E-state index is 0.0502. The maximum Gasteiger partial charge on any atom is 0.229 e. The van der Waals surface area contributed by atoms with Gasteiger partial charge in [0, 0.05) is 45.8 Å². The zero-order valence-electron chi connectivity index (χ0n) is 18.1. The number of likely N-dealkylation sites (tertiary alicyclic amines) is 2. The highest BCUT2D eigenvalue weighted by Crippen LogP contribution is 2.33. The molecular formula is C20H35FN8O2. The summed E-state index contributed by atoms with van der Waals surface area (Å²) >= 11 is 0. The van der Waals surface area contributed by atoms with Gasteiger partial charge in [0.2, 0.25) is 11.8 Å². The first kappa shape index (κ1) is 21.5. The molecule has 0 spiro atoms. The zero-order valence-corrected chi connectivity index (χ0v) is 18.1. The van der Waals surface area contributed by atoms with Crippen LogP contribution in [0.2, 0.25) is 0 Å². The Hall–Kier alpha value is -1.37. The number of alkyl halides is 1. The van der Waals surface area contributed by atoms with Gasteiger partial charge in [-0.3, -0.25) is 19.8 Å². The molecule has 0 radical (unpaired) electrons. The Morgan fingerprint density at radius 3 is 2.90 bits per heavy atom. The van der Waals surface area contributed by atoms with Gasteiger partial charge >= 0.3 is 0 Å². The van der Waals surface area contributed by atoms with Crippen molar-refractivity contribution in [1.82, 2.24) is 36.2 Å². The molecule has 5 aliphatic heterocycles. The van der Waals surface area contributed by atoms with Crippen LogP contribution in [-0.4, -0.2) is 110 Å². The Balaban J connectivity index is 1.25. The minimum Gasteiger partial charge on any atom is -0.350 e. The molecule has 5 aliphatic rings. The van der Waals surface area contributed by atoms with Crippen LogP contribution in [0.25, 0.3) is 0 Å². The van der Waals surface area contributed by atoms with Crippen molar-refractivity contribution in [3.05, 3.63) is 0 Å². The molecule has 0 aliphatic carbocycles. The number of nitrogens with one attached hydrogen (secondary N) is 4. The second kappa shape index (κ2) is 8.53. The Labute approximate surface area is 182 Å². The number of halogens is 1. The van der Waals surface area contributed by atoms with Crippen LogP contribution in [0, 0.1) is 17.8 Å². The molecule has 5 fully saturated rings. The molecule has 6 unspecified atom stereocenters. The Morgan fingerprint density at radius 2 is 2.06 bits per heavy atom. The summed E-state index contributed by atoms with van der Waals surface area (Å²) in [5, 5.41) is 11.5. The molecule has 0 saturated carbocycles. The molecule has 2 amide bonds. The van der Waals surface area contributed by atoms with Crippen LogP contribution in [0.15, 0.2) is 0 Å². The molecule has 6 N–H and O–H groups in total. The van der Waals surface area contributed by atoms with Gasteiger partial charge in [-0.1, -0.05) is 0 Å². The van der Waals surface area contributed by atoms with E-state index in [0.29, 0.717) is 12.5 Å². The number of rotatable bonds is 3. The number of nitrogens with zero attached hydrogens (tertiary/aromatic N) is 3. The number of nitrogens with two attached hydrogens (primary N) is 1. The lowest BCUT2D eigenvalue weighted by Crippen LogP contribution is -2.64. The predicted octanol–water partition coefficient (Wildman–Crippen LogP) is -2.77. The van der Waals surface area contributed by atoms with Gasteiger partial charge in [0.05, 0.1) is 30.2 Å². The van der Waals surface area contributed by atoms with E-state index in [2.05, 4.69) is 26.3 Å².